The second kappa shape index (κ2) is 10.2. The van der Waals surface area contributed by atoms with E-state index in [0.717, 1.165) is 25.7 Å². The van der Waals surface area contributed by atoms with Crippen LogP contribution in [0, 0.1) is 0 Å². The summed E-state index contributed by atoms with van der Waals surface area (Å²) in [5.74, 6) is 0.00443. The molecule has 0 heterocycles. The highest BCUT2D eigenvalue weighted by Crippen LogP contribution is 2.02. The van der Waals surface area contributed by atoms with Gasteiger partial charge in [0.1, 0.15) is 0 Å². The molecule has 0 atom stereocenters. The number of rotatable bonds is 9. The van der Waals surface area contributed by atoms with Gasteiger partial charge in [0.15, 0.2) is 0 Å². The normalized spacial score (nSPS) is 9.56. The van der Waals surface area contributed by atoms with Gasteiger partial charge in [-0.2, -0.15) is 0 Å². The van der Waals surface area contributed by atoms with E-state index in [4.69, 9.17) is 0 Å². The van der Waals surface area contributed by atoms with Crippen LogP contribution in [0.25, 0.3) is 0 Å². The van der Waals surface area contributed by atoms with E-state index in [1.165, 1.54) is 6.08 Å². The van der Waals surface area contributed by atoms with Gasteiger partial charge in [0.25, 0.3) is 0 Å². The maximum absolute atomic E-state index is 11.1. The van der Waals surface area contributed by atoms with E-state index < -0.39 is 0 Å². The minimum atomic E-state index is -0.123. The lowest BCUT2D eigenvalue weighted by molar-refractivity contribution is -0.121. The van der Waals surface area contributed by atoms with Crippen molar-refractivity contribution in [2.24, 2.45) is 0 Å². The van der Waals surface area contributed by atoms with Gasteiger partial charge in [0.05, 0.1) is 0 Å². The quantitative estimate of drug-likeness (QED) is 0.461. The molecule has 4 heteroatoms. The van der Waals surface area contributed by atoms with Gasteiger partial charge in [-0.3, -0.25) is 9.59 Å². The summed E-state index contributed by atoms with van der Waals surface area (Å²) in [6.45, 7) is 6.67. The molecule has 0 saturated carbocycles. The summed E-state index contributed by atoms with van der Waals surface area (Å²) in [6.07, 6.45) is 5.82. The Bertz CT molecular complexity index is 227. The average molecular weight is 226 g/mol. The third kappa shape index (κ3) is 9.24. The van der Waals surface area contributed by atoms with Crippen LogP contribution in [0.1, 0.15) is 39.0 Å². The third-order valence-corrected chi connectivity index (χ3v) is 2.19. The van der Waals surface area contributed by atoms with Crippen LogP contribution in [0.15, 0.2) is 12.7 Å². The first-order valence-corrected chi connectivity index (χ1v) is 5.87. The van der Waals surface area contributed by atoms with Crippen LogP contribution in [0.2, 0.25) is 0 Å². The predicted octanol–water partition coefficient (Wildman–Crippen LogP) is 1.38. The Morgan fingerprint density at radius 1 is 1.12 bits per heavy atom. The molecule has 16 heavy (non-hydrogen) atoms. The fourth-order valence-electron chi connectivity index (χ4n) is 1.33. The van der Waals surface area contributed by atoms with E-state index in [0.29, 0.717) is 19.5 Å². The molecule has 0 fully saturated rings. The van der Waals surface area contributed by atoms with Crippen LogP contribution in [-0.2, 0) is 9.59 Å². The predicted molar refractivity (Wildman–Crippen MR) is 65.0 cm³/mol. The zero-order chi connectivity index (χ0) is 12.2. The SMILES string of the molecule is C=CC(=O)NCCCCCCC(=O)NCC. The van der Waals surface area contributed by atoms with Crippen LogP contribution in [0.3, 0.4) is 0 Å². The van der Waals surface area contributed by atoms with Crippen LogP contribution >= 0.6 is 0 Å². The molecule has 0 rings (SSSR count). The van der Waals surface area contributed by atoms with Gasteiger partial charge in [-0.05, 0) is 25.8 Å². The van der Waals surface area contributed by atoms with Crippen molar-refractivity contribution < 1.29 is 9.59 Å². The number of hydrogen-bond donors (Lipinski definition) is 2. The molecule has 0 radical (unpaired) electrons. The number of unbranched alkanes of at least 4 members (excludes halogenated alkanes) is 3. The van der Waals surface area contributed by atoms with Gasteiger partial charge in [-0.15, -0.1) is 0 Å². The van der Waals surface area contributed by atoms with Crippen molar-refractivity contribution in [3.8, 4) is 0 Å². The first-order chi connectivity index (χ1) is 7.70. The fourth-order valence-corrected chi connectivity index (χ4v) is 1.33. The molecule has 0 unspecified atom stereocenters. The summed E-state index contributed by atoms with van der Waals surface area (Å²) >= 11 is 0. The fraction of sp³-hybridized carbons (Fsp3) is 0.667. The molecule has 0 saturated heterocycles. The Kier molecular flexibility index (Phi) is 9.36. The highest BCUT2D eigenvalue weighted by atomic mass is 16.2. The summed E-state index contributed by atoms with van der Waals surface area (Å²) in [6, 6.07) is 0. The maximum atomic E-state index is 11.1. The first-order valence-electron chi connectivity index (χ1n) is 5.87. The number of amides is 2. The molecule has 0 spiro atoms. The van der Waals surface area contributed by atoms with Crippen LogP contribution in [0.5, 0.6) is 0 Å². The summed E-state index contributed by atoms with van der Waals surface area (Å²) < 4.78 is 0. The monoisotopic (exact) mass is 226 g/mol. The molecule has 0 aliphatic heterocycles. The van der Waals surface area contributed by atoms with Crippen molar-refractivity contribution in [1.82, 2.24) is 10.6 Å². The Labute approximate surface area is 97.5 Å². The average Bonchev–Trinajstić information content (AvgIpc) is 2.27. The topological polar surface area (TPSA) is 58.2 Å². The number of nitrogens with one attached hydrogen (secondary N) is 2. The summed E-state index contributed by atoms with van der Waals surface area (Å²) in [5.41, 5.74) is 0. The standard InChI is InChI=1S/C12H22N2O2/c1-3-11(15)14-10-8-6-5-7-9-12(16)13-4-2/h3H,1,4-10H2,2H3,(H,13,16)(H,14,15). The highest BCUT2D eigenvalue weighted by molar-refractivity contribution is 5.86. The van der Waals surface area contributed by atoms with E-state index in [-0.39, 0.29) is 11.8 Å². The van der Waals surface area contributed by atoms with Gasteiger partial charge in [-0.25, -0.2) is 0 Å². The smallest absolute Gasteiger partial charge is 0.243 e. The first kappa shape index (κ1) is 14.7. The second-order valence-corrected chi connectivity index (χ2v) is 3.61. The molecular formula is C12H22N2O2. The Morgan fingerprint density at radius 3 is 2.44 bits per heavy atom. The maximum Gasteiger partial charge on any atom is 0.243 e. The Hall–Kier alpha value is -1.32. The molecule has 0 aromatic carbocycles. The third-order valence-electron chi connectivity index (χ3n) is 2.19. The molecule has 0 aliphatic rings. The lowest BCUT2D eigenvalue weighted by Crippen LogP contribution is -2.22. The molecule has 0 bridgehead atoms. The molecule has 92 valence electrons. The van der Waals surface area contributed by atoms with E-state index in [9.17, 15) is 9.59 Å². The molecule has 4 nitrogen and oxygen atoms in total. The summed E-state index contributed by atoms with van der Waals surface area (Å²) in [4.78, 5) is 21.9. The Balaban J connectivity index is 3.18. The Morgan fingerprint density at radius 2 is 1.81 bits per heavy atom. The highest BCUT2D eigenvalue weighted by Gasteiger charge is 1.98. The number of carbonyl (C=O) groups excluding carboxylic acids is 2. The zero-order valence-corrected chi connectivity index (χ0v) is 10.1. The van der Waals surface area contributed by atoms with E-state index >= 15 is 0 Å². The van der Waals surface area contributed by atoms with Crippen molar-refractivity contribution in [2.45, 2.75) is 39.0 Å². The van der Waals surface area contributed by atoms with Gasteiger partial charge in [0.2, 0.25) is 11.8 Å². The van der Waals surface area contributed by atoms with Crippen molar-refractivity contribution >= 4 is 11.8 Å². The minimum Gasteiger partial charge on any atom is -0.356 e. The summed E-state index contributed by atoms with van der Waals surface area (Å²) in [7, 11) is 0. The van der Waals surface area contributed by atoms with Crippen LogP contribution in [-0.4, -0.2) is 24.9 Å². The zero-order valence-electron chi connectivity index (χ0n) is 10.1. The van der Waals surface area contributed by atoms with E-state index in [1.54, 1.807) is 0 Å². The van der Waals surface area contributed by atoms with E-state index in [1.807, 2.05) is 6.92 Å². The molecule has 0 aromatic heterocycles. The van der Waals surface area contributed by atoms with Crippen molar-refractivity contribution in [1.29, 1.82) is 0 Å². The molecule has 0 aromatic rings. The lowest BCUT2D eigenvalue weighted by Gasteiger charge is -2.03. The van der Waals surface area contributed by atoms with Gasteiger partial charge >= 0.3 is 0 Å². The number of hydrogen-bond acceptors (Lipinski definition) is 2. The van der Waals surface area contributed by atoms with E-state index in [2.05, 4.69) is 17.2 Å². The molecule has 2 amide bonds. The lowest BCUT2D eigenvalue weighted by atomic mass is 10.1. The number of carbonyl (C=O) groups is 2. The molecule has 0 aliphatic carbocycles. The summed E-state index contributed by atoms with van der Waals surface area (Å²) in [5, 5.41) is 5.48. The van der Waals surface area contributed by atoms with Crippen molar-refractivity contribution in [2.75, 3.05) is 13.1 Å². The largest absolute Gasteiger partial charge is 0.356 e. The molecule has 2 N–H and O–H groups in total. The van der Waals surface area contributed by atoms with Gasteiger partial charge in [-0.1, -0.05) is 19.4 Å². The van der Waals surface area contributed by atoms with Crippen molar-refractivity contribution in [3.63, 3.8) is 0 Å². The molecular weight excluding hydrogens is 204 g/mol. The van der Waals surface area contributed by atoms with Gasteiger partial charge in [0, 0.05) is 19.5 Å². The van der Waals surface area contributed by atoms with Gasteiger partial charge < -0.3 is 10.6 Å². The second-order valence-electron chi connectivity index (χ2n) is 3.61. The van der Waals surface area contributed by atoms with Crippen LogP contribution < -0.4 is 10.6 Å². The van der Waals surface area contributed by atoms with Crippen LogP contribution in [0.4, 0.5) is 0 Å². The minimum absolute atomic E-state index is 0.123. The van der Waals surface area contributed by atoms with Crippen molar-refractivity contribution in [3.05, 3.63) is 12.7 Å².